The summed E-state index contributed by atoms with van der Waals surface area (Å²) in [5.41, 5.74) is 1.25. The zero-order chi connectivity index (χ0) is 13.0. The summed E-state index contributed by atoms with van der Waals surface area (Å²) in [4.78, 5) is 6.11. The summed E-state index contributed by atoms with van der Waals surface area (Å²) in [5.74, 6) is 0.823. The SMILES string of the molecule is CCCNC(c1sc(C)nc1C)C1CCCCC1. The Bertz CT molecular complexity index is 367. The Balaban J connectivity index is 2.15. The molecule has 0 saturated heterocycles. The lowest BCUT2D eigenvalue weighted by Gasteiger charge is -2.30. The van der Waals surface area contributed by atoms with Gasteiger partial charge in [0.15, 0.2) is 0 Å². The maximum Gasteiger partial charge on any atom is 0.0900 e. The minimum absolute atomic E-state index is 0.552. The first-order valence-electron chi connectivity index (χ1n) is 7.39. The molecule has 1 fully saturated rings. The Morgan fingerprint density at radius 1 is 1.28 bits per heavy atom. The largest absolute Gasteiger partial charge is 0.309 e. The fraction of sp³-hybridized carbons (Fsp3) is 0.800. The van der Waals surface area contributed by atoms with E-state index in [0.717, 1.165) is 12.5 Å². The van der Waals surface area contributed by atoms with Gasteiger partial charge in [0.1, 0.15) is 0 Å². The Labute approximate surface area is 115 Å². The van der Waals surface area contributed by atoms with E-state index in [4.69, 9.17) is 0 Å². The van der Waals surface area contributed by atoms with Crippen molar-refractivity contribution in [3.05, 3.63) is 15.6 Å². The van der Waals surface area contributed by atoms with Crippen LogP contribution < -0.4 is 5.32 Å². The van der Waals surface area contributed by atoms with Crippen LogP contribution >= 0.6 is 11.3 Å². The van der Waals surface area contributed by atoms with E-state index in [1.54, 1.807) is 0 Å². The van der Waals surface area contributed by atoms with E-state index in [1.807, 2.05) is 11.3 Å². The molecule has 1 atom stereocenters. The van der Waals surface area contributed by atoms with Crippen molar-refractivity contribution < 1.29 is 0 Å². The Morgan fingerprint density at radius 2 is 2.00 bits per heavy atom. The average molecular weight is 266 g/mol. The van der Waals surface area contributed by atoms with Gasteiger partial charge in [-0.2, -0.15) is 0 Å². The van der Waals surface area contributed by atoms with Crippen molar-refractivity contribution in [1.29, 1.82) is 0 Å². The summed E-state index contributed by atoms with van der Waals surface area (Å²) < 4.78 is 0. The van der Waals surface area contributed by atoms with Crippen LogP contribution in [0.4, 0.5) is 0 Å². The standard InChI is InChI=1S/C15H26N2S/c1-4-10-16-14(13-8-6-5-7-9-13)15-11(2)17-12(3)18-15/h13-14,16H,4-10H2,1-3H3. The lowest BCUT2D eigenvalue weighted by Crippen LogP contribution is -2.30. The summed E-state index contributed by atoms with van der Waals surface area (Å²) in [7, 11) is 0. The van der Waals surface area contributed by atoms with E-state index in [9.17, 15) is 0 Å². The van der Waals surface area contributed by atoms with Crippen LogP contribution in [-0.2, 0) is 0 Å². The van der Waals surface area contributed by atoms with Crippen molar-refractivity contribution >= 4 is 11.3 Å². The molecule has 0 aliphatic heterocycles. The highest BCUT2D eigenvalue weighted by Crippen LogP contribution is 2.37. The van der Waals surface area contributed by atoms with Crippen LogP contribution in [0.15, 0.2) is 0 Å². The van der Waals surface area contributed by atoms with E-state index in [2.05, 4.69) is 31.1 Å². The summed E-state index contributed by atoms with van der Waals surface area (Å²) >= 11 is 1.89. The topological polar surface area (TPSA) is 24.9 Å². The number of aryl methyl sites for hydroxylation is 2. The van der Waals surface area contributed by atoms with Crippen molar-refractivity contribution in [3.8, 4) is 0 Å². The van der Waals surface area contributed by atoms with Crippen LogP contribution in [0, 0.1) is 19.8 Å². The third-order valence-electron chi connectivity index (χ3n) is 3.96. The number of nitrogens with one attached hydrogen (secondary N) is 1. The third-order valence-corrected chi connectivity index (χ3v) is 5.11. The van der Waals surface area contributed by atoms with Crippen LogP contribution in [0.3, 0.4) is 0 Å². The molecule has 3 heteroatoms. The van der Waals surface area contributed by atoms with Gasteiger partial charge in [0.05, 0.1) is 10.7 Å². The van der Waals surface area contributed by atoms with E-state index >= 15 is 0 Å². The molecule has 102 valence electrons. The second-order valence-electron chi connectivity index (χ2n) is 5.51. The third kappa shape index (κ3) is 3.33. The highest BCUT2D eigenvalue weighted by atomic mass is 32.1. The van der Waals surface area contributed by atoms with E-state index in [1.165, 1.54) is 54.1 Å². The van der Waals surface area contributed by atoms with Crippen LogP contribution in [0.1, 0.15) is 67.1 Å². The van der Waals surface area contributed by atoms with Crippen molar-refractivity contribution in [2.24, 2.45) is 5.92 Å². The second kappa shape index (κ2) is 6.67. The van der Waals surface area contributed by atoms with Gasteiger partial charge in [0.2, 0.25) is 0 Å². The number of hydrogen-bond donors (Lipinski definition) is 1. The van der Waals surface area contributed by atoms with Gasteiger partial charge in [0.25, 0.3) is 0 Å². The highest BCUT2D eigenvalue weighted by Gasteiger charge is 2.27. The molecule has 2 nitrogen and oxygen atoms in total. The van der Waals surface area contributed by atoms with Crippen molar-refractivity contribution in [2.75, 3.05) is 6.54 Å². The van der Waals surface area contributed by atoms with Crippen molar-refractivity contribution in [2.45, 2.75) is 65.3 Å². The number of hydrogen-bond acceptors (Lipinski definition) is 3. The van der Waals surface area contributed by atoms with Crippen LogP contribution in [0.25, 0.3) is 0 Å². The van der Waals surface area contributed by atoms with Crippen LogP contribution in [0.2, 0.25) is 0 Å². The number of nitrogens with zero attached hydrogens (tertiary/aromatic N) is 1. The molecule has 1 unspecified atom stereocenters. The summed E-state index contributed by atoms with van der Waals surface area (Å²) in [6.07, 6.45) is 8.23. The molecular formula is C15H26N2S. The molecule has 0 radical (unpaired) electrons. The molecule has 0 bridgehead atoms. The molecule has 1 aliphatic carbocycles. The zero-order valence-corrected chi connectivity index (χ0v) is 12.8. The maximum atomic E-state index is 4.61. The molecule has 1 N–H and O–H groups in total. The molecule has 1 aliphatic rings. The predicted molar refractivity (Wildman–Crippen MR) is 79.2 cm³/mol. The molecule has 1 saturated carbocycles. The highest BCUT2D eigenvalue weighted by molar-refractivity contribution is 7.11. The molecule has 2 rings (SSSR count). The molecule has 0 aromatic carbocycles. The van der Waals surface area contributed by atoms with Crippen molar-refractivity contribution in [3.63, 3.8) is 0 Å². The van der Waals surface area contributed by atoms with Crippen LogP contribution in [-0.4, -0.2) is 11.5 Å². The Hall–Kier alpha value is -0.410. The van der Waals surface area contributed by atoms with Gasteiger partial charge in [-0.05, 0) is 45.6 Å². The number of rotatable bonds is 5. The normalized spacial score (nSPS) is 19.1. The van der Waals surface area contributed by atoms with E-state index < -0.39 is 0 Å². The van der Waals surface area contributed by atoms with Gasteiger partial charge >= 0.3 is 0 Å². The molecule has 18 heavy (non-hydrogen) atoms. The summed E-state index contributed by atoms with van der Waals surface area (Å²) in [5, 5.41) is 4.99. The van der Waals surface area contributed by atoms with Gasteiger partial charge in [-0.1, -0.05) is 26.2 Å². The van der Waals surface area contributed by atoms with E-state index in [-0.39, 0.29) is 0 Å². The number of aromatic nitrogens is 1. The Kier molecular flexibility index (Phi) is 5.19. The quantitative estimate of drug-likeness (QED) is 0.855. The first-order valence-corrected chi connectivity index (χ1v) is 8.21. The minimum atomic E-state index is 0.552. The lowest BCUT2D eigenvalue weighted by molar-refractivity contribution is 0.274. The van der Waals surface area contributed by atoms with Gasteiger partial charge in [-0.3, -0.25) is 0 Å². The molecule has 1 aromatic heterocycles. The smallest absolute Gasteiger partial charge is 0.0900 e. The van der Waals surface area contributed by atoms with Gasteiger partial charge in [0, 0.05) is 10.9 Å². The molecular weight excluding hydrogens is 240 g/mol. The maximum absolute atomic E-state index is 4.61. The fourth-order valence-electron chi connectivity index (χ4n) is 3.08. The predicted octanol–water partition coefficient (Wildman–Crippen LogP) is 4.38. The fourth-order valence-corrected chi connectivity index (χ4v) is 4.17. The first kappa shape index (κ1) is 14.0. The second-order valence-corrected chi connectivity index (χ2v) is 6.75. The minimum Gasteiger partial charge on any atom is -0.309 e. The Morgan fingerprint density at radius 3 is 2.56 bits per heavy atom. The molecule has 0 spiro atoms. The van der Waals surface area contributed by atoms with Gasteiger partial charge in [-0.25, -0.2) is 4.98 Å². The van der Waals surface area contributed by atoms with Gasteiger partial charge < -0.3 is 5.32 Å². The average Bonchev–Trinajstić information content (AvgIpc) is 2.70. The monoisotopic (exact) mass is 266 g/mol. The molecule has 1 heterocycles. The summed E-state index contributed by atoms with van der Waals surface area (Å²) in [6.45, 7) is 7.66. The number of thiazole rings is 1. The first-order chi connectivity index (χ1) is 8.72. The summed E-state index contributed by atoms with van der Waals surface area (Å²) in [6, 6.07) is 0.552. The molecule has 1 aromatic rings. The van der Waals surface area contributed by atoms with Crippen LogP contribution in [0.5, 0.6) is 0 Å². The lowest BCUT2D eigenvalue weighted by atomic mass is 9.83. The van der Waals surface area contributed by atoms with E-state index in [0.29, 0.717) is 6.04 Å². The molecule has 0 amide bonds. The van der Waals surface area contributed by atoms with Crippen molar-refractivity contribution in [1.82, 2.24) is 10.3 Å². The van der Waals surface area contributed by atoms with Gasteiger partial charge in [-0.15, -0.1) is 11.3 Å². The zero-order valence-electron chi connectivity index (χ0n) is 12.0.